The fourth-order valence-corrected chi connectivity index (χ4v) is 10.6. The number of nitriles is 2. The number of hydrogen-bond donors (Lipinski definition) is 0. The van der Waals surface area contributed by atoms with Gasteiger partial charge in [0.1, 0.15) is 11.5 Å². The number of rotatable bonds is 9. The van der Waals surface area contributed by atoms with E-state index in [2.05, 4.69) is 69.3 Å². The second-order valence-electron chi connectivity index (χ2n) is 14.9. The SMILES string of the molecule is CCCC12CC3(c4ccc(OC#N)c(-c5ccccc5)c4)CC(c4ccc(OC#N)c(-c5ccccc5)c4)(C1)CC(C(C)C)(C2)C3. The lowest BCUT2D eigenvalue weighted by Gasteiger charge is -2.72. The summed E-state index contributed by atoms with van der Waals surface area (Å²) < 4.78 is 11.1. The van der Waals surface area contributed by atoms with Crippen LogP contribution in [0.3, 0.4) is 0 Å². The fourth-order valence-electron chi connectivity index (χ4n) is 10.6. The third kappa shape index (κ3) is 4.87. The smallest absolute Gasteiger partial charge is 0.292 e. The molecule has 2 atom stereocenters. The summed E-state index contributed by atoms with van der Waals surface area (Å²) in [6.07, 6.45) is 13.4. The van der Waals surface area contributed by atoms with Crippen molar-refractivity contribution in [3.8, 4) is 46.3 Å². The van der Waals surface area contributed by atoms with E-state index in [-0.39, 0.29) is 21.7 Å². The Labute approximate surface area is 273 Å². The largest absolute Gasteiger partial charge is 0.387 e. The van der Waals surface area contributed by atoms with Crippen LogP contribution in [0.25, 0.3) is 22.3 Å². The van der Waals surface area contributed by atoms with E-state index in [4.69, 9.17) is 9.47 Å². The Kier molecular flexibility index (Phi) is 7.44. The van der Waals surface area contributed by atoms with Gasteiger partial charge in [-0.1, -0.05) is 100.0 Å². The van der Waals surface area contributed by atoms with Crippen molar-refractivity contribution >= 4 is 0 Å². The molecule has 4 bridgehead atoms. The quantitative estimate of drug-likeness (QED) is 0.178. The molecule has 2 unspecified atom stereocenters. The van der Waals surface area contributed by atoms with E-state index in [0.29, 0.717) is 17.4 Å². The van der Waals surface area contributed by atoms with E-state index in [1.54, 1.807) is 0 Å². The van der Waals surface area contributed by atoms with Gasteiger partial charge in [0.15, 0.2) is 0 Å². The number of nitrogens with zero attached hydrogens (tertiary/aromatic N) is 2. The molecule has 4 aromatic rings. The van der Waals surface area contributed by atoms with Crippen LogP contribution in [0, 0.1) is 39.8 Å². The summed E-state index contributed by atoms with van der Waals surface area (Å²) >= 11 is 0. The third-order valence-corrected chi connectivity index (χ3v) is 11.9. The van der Waals surface area contributed by atoms with Crippen LogP contribution in [0.5, 0.6) is 11.5 Å². The van der Waals surface area contributed by atoms with Crippen LogP contribution in [-0.4, -0.2) is 0 Å². The van der Waals surface area contributed by atoms with Crippen molar-refractivity contribution in [3.63, 3.8) is 0 Å². The van der Waals surface area contributed by atoms with Gasteiger partial charge in [0.25, 0.3) is 12.5 Å². The molecule has 4 nitrogen and oxygen atoms in total. The maximum Gasteiger partial charge on any atom is 0.292 e. The lowest BCUT2D eigenvalue weighted by molar-refractivity contribution is -0.162. The molecule has 4 saturated carbocycles. The second kappa shape index (κ2) is 11.4. The van der Waals surface area contributed by atoms with Gasteiger partial charge in [-0.05, 0) is 119 Å². The van der Waals surface area contributed by atoms with Gasteiger partial charge in [-0.15, -0.1) is 10.5 Å². The molecule has 0 saturated heterocycles. The molecular formula is C42H42N2O2. The predicted molar refractivity (Wildman–Crippen MR) is 182 cm³/mol. The standard InChI is InChI=1S/C42H42N2O2/c1-4-19-39-22-40(30(2)3)25-41(23-39,33-15-17-37(45-28-43)35(20-33)31-11-7-5-8-12-31)27-42(24-39,26-40)34-16-18-38(46-29-44)36(21-34)32-13-9-6-10-14-32/h5-18,20-21,30H,4,19,22-27H2,1-3H3. The fraction of sp³-hybridized carbons (Fsp3) is 0.381. The van der Waals surface area contributed by atoms with Crippen LogP contribution < -0.4 is 9.47 Å². The molecule has 0 N–H and O–H groups in total. The second-order valence-corrected chi connectivity index (χ2v) is 14.9. The molecular weight excluding hydrogens is 564 g/mol. The zero-order valence-electron chi connectivity index (χ0n) is 27.2. The Balaban J connectivity index is 1.44. The van der Waals surface area contributed by atoms with Gasteiger partial charge in [0.2, 0.25) is 0 Å². The van der Waals surface area contributed by atoms with Crippen molar-refractivity contribution in [1.29, 1.82) is 10.5 Å². The molecule has 46 heavy (non-hydrogen) atoms. The molecule has 4 fully saturated rings. The molecule has 0 aromatic heterocycles. The minimum absolute atomic E-state index is 0.00235. The number of benzene rings is 4. The average Bonchev–Trinajstić information content (AvgIpc) is 3.05. The van der Waals surface area contributed by atoms with Crippen molar-refractivity contribution in [3.05, 3.63) is 108 Å². The van der Waals surface area contributed by atoms with Crippen LogP contribution in [-0.2, 0) is 10.8 Å². The van der Waals surface area contributed by atoms with Gasteiger partial charge in [-0.3, -0.25) is 0 Å². The van der Waals surface area contributed by atoms with Crippen LogP contribution in [0.1, 0.15) is 83.3 Å². The highest BCUT2D eigenvalue weighted by Crippen LogP contribution is 2.77. The highest BCUT2D eigenvalue weighted by Gasteiger charge is 2.68. The number of hydrogen-bond acceptors (Lipinski definition) is 4. The van der Waals surface area contributed by atoms with Gasteiger partial charge in [0, 0.05) is 11.1 Å². The first kappa shape index (κ1) is 30.1. The van der Waals surface area contributed by atoms with E-state index in [0.717, 1.165) is 28.7 Å². The van der Waals surface area contributed by atoms with Gasteiger partial charge in [0.05, 0.1) is 0 Å². The lowest BCUT2D eigenvalue weighted by atomic mass is 9.32. The Morgan fingerprint density at radius 3 is 1.52 bits per heavy atom. The van der Waals surface area contributed by atoms with E-state index in [1.165, 1.54) is 56.1 Å². The lowest BCUT2D eigenvalue weighted by Crippen LogP contribution is -2.65. The van der Waals surface area contributed by atoms with Crippen molar-refractivity contribution in [2.75, 3.05) is 0 Å². The summed E-state index contributed by atoms with van der Waals surface area (Å²) in [5.74, 6) is 1.77. The first-order valence-electron chi connectivity index (χ1n) is 16.8. The van der Waals surface area contributed by atoms with Crippen LogP contribution in [0.4, 0.5) is 0 Å². The molecule has 0 spiro atoms. The molecule has 4 aliphatic carbocycles. The maximum absolute atomic E-state index is 9.50. The molecule has 4 heteroatoms. The first-order chi connectivity index (χ1) is 22.3. The average molecular weight is 607 g/mol. The van der Waals surface area contributed by atoms with E-state index in [1.807, 2.05) is 61.0 Å². The van der Waals surface area contributed by atoms with Crippen molar-refractivity contribution in [2.24, 2.45) is 16.7 Å². The molecule has 0 amide bonds. The molecule has 8 rings (SSSR count). The normalized spacial score (nSPS) is 27.6. The van der Waals surface area contributed by atoms with Crippen LogP contribution in [0.2, 0.25) is 0 Å². The summed E-state index contributed by atoms with van der Waals surface area (Å²) in [6.45, 7) is 7.25. The Morgan fingerprint density at radius 1 is 0.630 bits per heavy atom. The van der Waals surface area contributed by atoms with Crippen molar-refractivity contribution in [1.82, 2.24) is 0 Å². The Morgan fingerprint density at radius 2 is 1.11 bits per heavy atom. The first-order valence-corrected chi connectivity index (χ1v) is 16.8. The highest BCUT2D eigenvalue weighted by molar-refractivity contribution is 5.73. The summed E-state index contributed by atoms with van der Waals surface area (Å²) in [6, 6.07) is 33.9. The van der Waals surface area contributed by atoms with Crippen molar-refractivity contribution in [2.45, 2.75) is 83.0 Å². The topological polar surface area (TPSA) is 66.0 Å². The summed E-state index contributed by atoms with van der Waals surface area (Å²) in [5, 5.41) is 19.0. The molecule has 0 radical (unpaired) electrons. The van der Waals surface area contributed by atoms with E-state index < -0.39 is 0 Å². The summed E-state index contributed by atoms with van der Waals surface area (Å²) in [5.41, 5.74) is 7.30. The van der Waals surface area contributed by atoms with Crippen LogP contribution >= 0.6 is 0 Å². The zero-order valence-corrected chi connectivity index (χ0v) is 27.2. The molecule has 0 aliphatic heterocycles. The van der Waals surface area contributed by atoms with Gasteiger partial charge < -0.3 is 9.47 Å². The zero-order chi connectivity index (χ0) is 32.0. The molecule has 4 aliphatic rings. The van der Waals surface area contributed by atoms with Gasteiger partial charge in [-0.2, -0.15) is 0 Å². The Bertz CT molecular complexity index is 1710. The van der Waals surface area contributed by atoms with Gasteiger partial charge >= 0.3 is 0 Å². The highest BCUT2D eigenvalue weighted by atomic mass is 16.5. The van der Waals surface area contributed by atoms with Gasteiger partial charge in [-0.25, -0.2) is 0 Å². The minimum Gasteiger partial charge on any atom is -0.387 e. The Hall–Kier alpha value is -4.54. The summed E-state index contributed by atoms with van der Waals surface area (Å²) in [7, 11) is 0. The predicted octanol–water partition coefficient (Wildman–Crippen LogP) is 10.7. The summed E-state index contributed by atoms with van der Waals surface area (Å²) in [4.78, 5) is 0. The van der Waals surface area contributed by atoms with Crippen LogP contribution in [0.15, 0.2) is 97.1 Å². The number of ether oxygens (including phenoxy) is 2. The molecule has 0 heterocycles. The van der Waals surface area contributed by atoms with E-state index >= 15 is 0 Å². The maximum atomic E-state index is 9.50. The van der Waals surface area contributed by atoms with E-state index in [9.17, 15) is 10.5 Å². The molecule has 4 aromatic carbocycles. The third-order valence-electron chi connectivity index (χ3n) is 11.9. The van der Waals surface area contributed by atoms with Crippen molar-refractivity contribution < 1.29 is 9.47 Å². The molecule has 232 valence electrons. The monoisotopic (exact) mass is 606 g/mol. The minimum atomic E-state index is -0.00235.